The predicted molar refractivity (Wildman–Crippen MR) is 81.8 cm³/mol. The number of hydrogen-bond donors (Lipinski definition) is 2. The fraction of sp³-hybridized carbons (Fsp3) is 0.643. The number of amides is 1. The Labute approximate surface area is 120 Å². The normalized spacial score (nSPS) is 11.6. The average Bonchev–Trinajstić information content (AvgIpc) is 2.73. The van der Waals surface area contributed by atoms with Gasteiger partial charge >= 0.3 is 0 Å². The van der Waals surface area contributed by atoms with Crippen LogP contribution >= 0.6 is 24.0 Å². The Balaban J connectivity index is 2.37. The molecule has 0 aliphatic rings. The van der Waals surface area contributed by atoms with Crippen LogP contribution in [0, 0.1) is 5.41 Å². The van der Waals surface area contributed by atoms with Crippen molar-refractivity contribution in [3.63, 3.8) is 0 Å². The maximum Gasteiger partial charge on any atom is 0.261 e. The lowest BCUT2D eigenvalue weighted by Gasteiger charge is -2.24. The van der Waals surface area contributed by atoms with E-state index in [1.807, 2.05) is 11.4 Å². The van der Waals surface area contributed by atoms with Gasteiger partial charge in [0.2, 0.25) is 0 Å². The first-order chi connectivity index (χ1) is 8.44. The smallest absolute Gasteiger partial charge is 0.261 e. The molecular formula is C14H23NOS2. The van der Waals surface area contributed by atoms with Crippen molar-refractivity contribution in [1.29, 1.82) is 0 Å². The lowest BCUT2D eigenvalue weighted by molar-refractivity contribution is 0.0938. The molecule has 0 unspecified atom stereocenters. The van der Waals surface area contributed by atoms with Crippen molar-refractivity contribution in [2.24, 2.45) is 5.41 Å². The topological polar surface area (TPSA) is 29.1 Å². The lowest BCUT2D eigenvalue weighted by atomic mass is 9.87. The van der Waals surface area contributed by atoms with E-state index >= 15 is 0 Å². The van der Waals surface area contributed by atoms with Crippen LogP contribution in [0.25, 0.3) is 0 Å². The minimum atomic E-state index is 0.0175. The molecule has 1 rings (SSSR count). The van der Waals surface area contributed by atoms with Crippen molar-refractivity contribution in [1.82, 2.24) is 5.32 Å². The van der Waals surface area contributed by atoms with E-state index in [0.717, 1.165) is 22.7 Å². The minimum Gasteiger partial charge on any atom is -0.351 e. The summed E-state index contributed by atoms with van der Waals surface area (Å²) in [7, 11) is 0. The Morgan fingerprint density at radius 1 is 1.44 bits per heavy atom. The van der Waals surface area contributed by atoms with Crippen LogP contribution in [0.3, 0.4) is 0 Å². The van der Waals surface area contributed by atoms with E-state index in [-0.39, 0.29) is 11.3 Å². The molecule has 2 nitrogen and oxygen atoms in total. The first-order valence-electron chi connectivity index (χ1n) is 6.50. The van der Waals surface area contributed by atoms with Crippen LogP contribution in [0.5, 0.6) is 0 Å². The Morgan fingerprint density at radius 2 is 2.17 bits per heavy atom. The number of thiol groups is 1. The number of carbonyl (C=O) groups excluding carboxylic acids is 1. The van der Waals surface area contributed by atoms with E-state index in [1.165, 1.54) is 30.6 Å². The zero-order valence-electron chi connectivity index (χ0n) is 11.5. The molecule has 4 heteroatoms. The Hall–Kier alpha value is -0.480. The quantitative estimate of drug-likeness (QED) is 0.565. The van der Waals surface area contributed by atoms with Gasteiger partial charge in [-0.25, -0.2) is 0 Å². The fourth-order valence-electron chi connectivity index (χ4n) is 1.79. The van der Waals surface area contributed by atoms with Crippen LogP contribution in [0.15, 0.2) is 16.3 Å². The SMILES string of the molecule is CCCCCC(C)(C)CNC(=O)c1cc(S)cs1. The molecule has 0 saturated heterocycles. The standard InChI is InChI=1S/C14H23NOS2/c1-4-5-6-7-14(2,3)10-15-13(16)12-8-11(17)9-18-12/h8-9,17H,4-7,10H2,1-3H3,(H,15,16). The van der Waals surface area contributed by atoms with Gasteiger partial charge in [0.1, 0.15) is 0 Å². The fourth-order valence-corrected chi connectivity index (χ4v) is 2.86. The number of unbranched alkanes of at least 4 members (excludes halogenated alkanes) is 2. The molecule has 1 aromatic rings. The molecule has 0 bridgehead atoms. The van der Waals surface area contributed by atoms with Crippen molar-refractivity contribution in [3.8, 4) is 0 Å². The van der Waals surface area contributed by atoms with Gasteiger partial charge in [-0.2, -0.15) is 0 Å². The molecule has 0 aliphatic heterocycles. The van der Waals surface area contributed by atoms with Gasteiger partial charge in [-0.05, 0) is 17.9 Å². The molecule has 0 fully saturated rings. The highest BCUT2D eigenvalue weighted by molar-refractivity contribution is 7.80. The highest BCUT2D eigenvalue weighted by atomic mass is 32.1. The molecule has 1 heterocycles. The van der Waals surface area contributed by atoms with Crippen molar-refractivity contribution in [3.05, 3.63) is 16.3 Å². The lowest BCUT2D eigenvalue weighted by Crippen LogP contribution is -2.33. The predicted octanol–water partition coefficient (Wildman–Crippen LogP) is 4.37. The van der Waals surface area contributed by atoms with Gasteiger partial charge in [-0.1, -0.05) is 40.0 Å². The van der Waals surface area contributed by atoms with Crippen LogP contribution in [0.1, 0.15) is 56.1 Å². The molecular weight excluding hydrogens is 262 g/mol. The van der Waals surface area contributed by atoms with E-state index in [4.69, 9.17) is 0 Å². The van der Waals surface area contributed by atoms with Crippen LogP contribution in [0.4, 0.5) is 0 Å². The van der Waals surface area contributed by atoms with E-state index < -0.39 is 0 Å². The van der Waals surface area contributed by atoms with Gasteiger partial charge in [0, 0.05) is 16.8 Å². The summed E-state index contributed by atoms with van der Waals surface area (Å²) in [5, 5.41) is 4.90. The van der Waals surface area contributed by atoms with E-state index in [9.17, 15) is 4.79 Å². The molecule has 1 N–H and O–H groups in total. The molecule has 0 aliphatic carbocycles. The van der Waals surface area contributed by atoms with Gasteiger partial charge in [-0.15, -0.1) is 24.0 Å². The number of nitrogens with one attached hydrogen (secondary N) is 1. The van der Waals surface area contributed by atoms with Crippen molar-refractivity contribution < 1.29 is 4.79 Å². The summed E-state index contributed by atoms with van der Waals surface area (Å²) in [6.07, 6.45) is 4.90. The van der Waals surface area contributed by atoms with E-state index in [1.54, 1.807) is 0 Å². The largest absolute Gasteiger partial charge is 0.351 e. The number of carbonyl (C=O) groups is 1. The highest BCUT2D eigenvalue weighted by Crippen LogP contribution is 2.23. The molecule has 102 valence electrons. The second-order valence-corrected chi connectivity index (χ2v) is 6.90. The van der Waals surface area contributed by atoms with Crippen molar-refractivity contribution >= 4 is 29.9 Å². The third-order valence-electron chi connectivity index (χ3n) is 2.99. The zero-order valence-corrected chi connectivity index (χ0v) is 13.2. The summed E-state index contributed by atoms with van der Waals surface area (Å²) < 4.78 is 0. The van der Waals surface area contributed by atoms with Crippen LogP contribution in [0.2, 0.25) is 0 Å². The summed E-state index contributed by atoms with van der Waals surface area (Å²) in [5.74, 6) is 0.0175. The van der Waals surface area contributed by atoms with Crippen molar-refractivity contribution in [2.75, 3.05) is 6.54 Å². The summed E-state index contributed by atoms with van der Waals surface area (Å²) in [6, 6.07) is 1.81. The van der Waals surface area contributed by atoms with E-state index in [2.05, 4.69) is 38.7 Å². The molecule has 18 heavy (non-hydrogen) atoms. The van der Waals surface area contributed by atoms with E-state index in [0.29, 0.717) is 0 Å². The third-order valence-corrected chi connectivity index (χ3v) is 4.36. The number of rotatable bonds is 7. The summed E-state index contributed by atoms with van der Waals surface area (Å²) in [4.78, 5) is 13.5. The summed E-state index contributed by atoms with van der Waals surface area (Å²) >= 11 is 5.65. The monoisotopic (exact) mass is 285 g/mol. The third kappa shape index (κ3) is 5.44. The summed E-state index contributed by atoms with van der Waals surface area (Å²) in [6.45, 7) is 7.36. The number of hydrogen-bond acceptors (Lipinski definition) is 3. The van der Waals surface area contributed by atoms with Crippen molar-refractivity contribution in [2.45, 2.75) is 51.3 Å². The molecule has 1 aromatic heterocycles. The van der Waals surface area contributed by atoms with Crippen LogP contribution in [-0.4, -0.2) is 12.5 Å². The molecule has 1 amide bonds. The first-order valence-corrected chi connectivity index (χ1v) is 7.83. The number of thiophene rings is 1. The molecule has 0 saturated carbocycles. The Kier molecular flexibility index (Phi) is 6.22. The maximum absolute atomic E-state index is 11.9. The Bertz CT molecular complexity index is 385. The van der Waals surface area contributed by atoms with Gasteiger partial charge in [0.15, 0.2) is 0 Å². The maximum atomic E-state index is 11.9. The Morgan fingerprint density at radius 3 is 2.72 bits per heavy atom. The van der Waals surface area contributed by atoms with Gasteiger partial charge in [-0.3, -0.25) is 4.79 Å². The molecule has 0 aromatic carbocycles. The molecule has 0 atom stereocenters. The van der Waals surface area contributed by atoms with Gasteiger partial charge in [0.05, 0.1) is 4.88 Å². The van der Waals surface area contributed by atoms with Gasteiger partial charge in [0.25, 0.3) is 5.91 Å². The zero-order chi connectivity index (χ0) is 13.6. The average molecular weight is 285 g/mol. The first kappa shape index (κ1) is 15.6. The second kappa shape index (κ2) is 7.19. The minimum absolute atomic E-state index is 0.0175. The van der Waals surface area contributed by atoms with Gasteiger partial charge < -0.3 is 5.32 Å². The molecule has 0 radical (unpaired) electrons. The highest BCUT2D eigenvalue weighted by Gasteiger charge is 2.19. The summed E-state index contributed by atoms with van der Waals surface area (Å²) in [5.41, 5.74) is 0.173. The van der Waals surface area contributed by atoms with Crippen LogP contribution in [-0.2, 0) is 0 Å². The van der Waals surface area contributed by atoms with Crippen LogP contribution < -0.4 is 5.32 Å². The second-order valence-electron chi connectivity index (χ2n) is 5.47. The molecule has 0 spiro atoms.